The summed E-state index contributed by atoms with van der Waals surface area (Å²) in [4.78, 5) is 124. The molecule has 0 aliphatic carbocycles. The molecule has 0 aliphatic rings. The Bertz CT molecular complexity index is 2170. The Kier molecular flexibility index (Phi) is 70.8. The molecule has 24 heteroatoms. The summed E-state index contributed by atoms with van der Waals surface area (Å²) in [6, 6.07) is -7.85. The topological polar surface area (TPSA) is 389 Å². The lowest BCUT2D eigenvalue weighted by Crippen LogP contribution is -2.60. The van der Waals surface area contributed by atoms with Crippen LogP contribution in [0.5, 0.6) is 0 Å². The van der Waals surface area contributed by atoms with Gasteiger partial charge in [-0.25, -0.2) is 15.6 Å². The van der Waals surface area contributed by atoms with Crippen molar-refractivity contribution in [1.82, 2.24) is 32.1 Å². The van der Waals surface area contributed by atoms with Crippen molar-refractivity contribution in [2.24, 2.45) is 22.9 Å². The predicted octanol–water partition coefficient (Wildman–Crippen LogP) is 13.1. The molecule has 7 atom stereocenters. The van der Waals surface area contributed by atoms with Gasteiger partial charge in [0.25, 0.3) is 0 Å². The van der Waals surface area contributed by atoms with Crippen LogP contribution in [-0.2, 0) is 52.6 Å². The highest BCUT2D eigenvalue weighted by atomic mass is 32.2. The van der Waals surface area contributed by atoms with Gasteiger partial charge in [0.05, 0.1) is 18.7 Å². The van der Waals surface area contributed by atoms with Crippen LogP contribution in [0, 0.1) is 0 Å². The Morgan fingerprint density at radius 2 is 0.648 bits per heavy atom. The van der Waals surface area contributed by atoms with Crippen LogP contribution < -0.4 is 55.1 Å². The summed E-state index contributed by atoms with van der Waals surface area (Å²) in [5.74, 6) is -6.83. The molecule has 0 rings (SSSR count). The van der Waals surface area contributed by atoms with Gasteiger partial charge in [0.2, 0.25) is 35.2 Å². The molecule has 0 fully saturated rings. The van der Waals surface area contributed by atoms with E-state index in [1.807, 2.05) is 0 Å². The Morgan fingerprint density at radius 3 is 1.05 bits per heavy atom. The molecule has 2 unspecified atom stereocenters. The van der Waals surface area contributed by atoms with Gasteiger partial charge in [-0.3, -0.25) is 38.4 Å². The van der Waals surface area contributed by atoms with Gasteiger partial charge >= 0.3 is 17.9 Å². The number of ether oxygens (including phenoxy) is 2. The minimum atomic E-state index is -1.76. The first-order valence-electron chi connectivity index (χ1n) is 42.4. The molecule has 0 aromatic rings. The summed E-state index contributed by atoms with van der Waals surface area (Å²) in [5.41, 5.74) is 28.9. The molecular formula is C81H156N10O13S. The smallest absolute Gasteiger partial charge is 0.326 e. The second-order valence-electron chi connectivity index (χ2n) is 29.4. The number of thioether (sulfide) groups is 1. The number of aliphatic carboxylic acids is 1. The number of aliphatic hydroxyl groups is 1. The van der Waals surface area contributed by atoms with Crippen molar-refractivity contribution in [2.45, 2.75) is 410 Å². The van der Waals surface area contributed by atoms with E-state index in [1.165, 1.54) is 179 Å². The van der Waals surface area contributed by atoms with Gasteiger partial charge in [-0.1, -0.05) is 265 Å². The van der Waals surface area contributed by atoms with E-state index in [0.29, 0.717) is 90.3 Å². The van der Waals surface area contributed by atoms with Crippen molar-refractivity contribution in [1.29, 1.82) is 0 Å². The lowest BCUT2D eigenvalue weighted by atomic mass is 9.98. The molecular weight excluding hydrogens is 1350 g/mol. The van der Waals surface area contributed by atoms with Crippen LogP contribution in [0.15, 0.2) is 0 Å². The zero-order chi connectivity index (χ0) is 77.4. The largest absolute Gasteiger partial charge is 0.480 e. The second kappa shape index (κ2) is 73.8. The fourth-order valence-electron chi connectivity index (χ4n) is 12.9. The number of aliphatic hydroxyl groups excluding tert-OH is 1. The van der Waals surface area contributed by atoms with Crippen LogP contribution in [0.3, 0.4) is 0 Å². The Labute approximate surface area is 640 Å². The maximum atomic E-state index is 14.5. The molecule has 16 N–H and O–H groups in total. The highest BCUT2D eigenvalue weighted by molar-refractivity contribution is 7.99. The van der Waals surface area contributed by atoms with Crippen molar-refractivity contribution in [2.75, 3.05) is 50.9 Å². The highest BCUT2D eigenvalue weighted by Crippen LogP contribution is 2.20. The first-order valence-corrected chi connectivity index (χ1v) is 43.6. The molecule has 614 valence electrons. The van der Waals surface area contributed by atoms with E-state index < -0.39 is 102 Å². The van der Waals surface area contributed by atoms with E-state index in [4.69, 9.17) is 32.4 Å². The number of rotatable bonds is 80. The fourth-order valence-corrected chi connectivity index (χ4v) is 13.9. The van der Waals surface area contributed by atoms with Gasteiger partial charge in [0, 0.05) is 30.8 Å². The maximum Gasteiger partial charge on any atom is 0.326 e. The summed E-state index contributed by atoms with van der Waals surface area (Å²) in [5, 5.41) is 31.5. The van der Waals surface area contributed by atoms with Gasteiger partial charge in [0.1, 0.15) is 36.9 Å². The summed E-state index contributed by atoms with van der Waals surface area (Å²) < 4.78 is 11.8. The number of carbonyl (C=O) groups is 9. The predicted molar refractivity (Wildman–Crippen MR) is 427 cm³/mol. The first kappa shape index (κ1) is 101. The van der Waals surface area contributed by atoms with E-state index in [2.05, 4.69) is 52.9 Å². The third kappa shape index (κ3) is 59.3. The van der Waals surface area contributed by atoms with Crippen LogP contribution in [0.2, 0.25) is 0 Å². The summed E-state index contributed by atoms with van der Waals surface area (Å²) in [6.07, 6.45) is 48.8. The molecule has 0 saturated carbocycles. The average molecular weight is 1510 g/mol. The molecule has 105 heavy (non-hydrogen) atoms. The molecule has 0 bridgehead atoms. The number of hydrogen-bond acceptors (Lipinski definition) is 19. The number of carboxylic acid groups (broad SMARTS) is 1. The summed E-state index contributed by atoms with van der Waals surface area (Å²) >= 11 is 1.19. The number of Topliss-reactive ketones (excluding diaryl/α,β-unsaturated/α-hetero) is 2. The van der Waals surface area contributed by atoms with Crippen LogP contribution >= 0.6 is 11.8 Å². The van der Waals surface area contributed by atoms with E-state index in [1.54, 1.807) is 0 Å². The van der Waals surface area contributed by atoms with E-state index >= 15 is 0 Å². The summed E-state index contributed by atoms with van der Waals surface area (Å²) in [6.45, 7) is 6.76. The fraction of sp³-hybridized carbons (Fsp3) is 0.889. The third-order valence-corrected chi connectivity index (χ3v) is 20.8. The summed E-state index contributed by atoms with van der Waals surface area (Å²) in [7, 11) is 0. The van der Waals surface area contributed by atoms with Crippen LogP contribution in [0.4, 0.5) is 0 Å². The third-order valence-electron chi connectivity index (χ3n) is 19.6. The Balaban J connectivity index is 6.63. The highest BCUT2D eigenvalue weighted by Gasteiger charge is 2.35. The van der Waals surface area contributed by atoms with Crippen molar-refractivity contribution in [3.63, 3.8) is 0 Å². The van der Waals surface area contributed by atoms with E-state index in [-0.39, 0.29) is 69.6 Å². The Morgan fingerprint density at radius 1 is 0.333 bits per heavy atom. The number of esters is 2. The number of carbonyl (C=O) groups excluding carboxylic acids is 8. The molecule has 0 saturated heterocycles. The number of nitrogens with one attached hydrogen (secondary N) is 6. The molecule has 0 aromatic heterocycles. The number of amides is 4. The minimum Gasteiger partial charge on any atom is -0.480 e. The van der Waals surface area contributed by atoms with E-state index in [0.717, 1.165) is 64.2 Å². The van der Waals surface area contributed by atoms with Crippen LogP contribution in [0.25, 0.3) is 0 Å². The molecule has 0 aliphatic heterocycles. The van der Waals surface area contributed by atoms with Gasteiger partial charge in [0.15, 0.2) is 0 Å². The second-order valence-corrected chi connectivity index (χ2v) is 30.5. The minimum absolute atomic E-state index is 0.0390. The van der Waals surface area contributed by atoms with Gasteiger partial charge in [-0.2, -0.15) is 11.8 Å². The lowest BCUT2D eigenvalue weighted by Gasteiger charge is -2.27. The Hall–Kier alpha value is -4.30. The first-order chi connectivity index (χ1) is 51.1. The molecule has 23 nitrogen and oxygen atoms in total. The van der Waals surface area contributed by atoms with Crippen molar-refractivity contribution < 1.29 is 62.8 Å². The molecule has 4 amide bonds. The number of unbranched alkanes of at least 4 members (excludes halogenated alkanes) is 40. The standard InChI is InChI=1S/C81H156N10O13S/c1-4-7-10-13-16-19-22-25-28-31-34-37-40-55-73(93)86-72(65-105-64-66(104-75(95)57-42-39-36-33-30-27-24-21-18-15-12-9-6-3)63-103-74(94)56-41-38-35-32-29-26-23-20-17-14-11-8-5-2)80(100)89-71(62-92)77(97)76(96)67(51-43-47-58-82)90-91-69(53-45-49-60-84)79(99)87-68(52-44-48-59-83)78(98)88-70(81(101)102)54-46-50-61-85/h66-72,90-92H,4-65,82-85H2,1-3H3,(H,86,93)(H,87,99)(H,88,98)(H,89,100)(H,101,102)/t66?,67-,68-,69-,70-,71-,72?/m0/s1. The lowest BCUT2D eigenvalue weighted by molar-refractivity contribution is -0.157. The maximum absolute atomic E-state index is 14.5. The number of hydrazine groups is 1. The van der Waals surface area contributed by atoms with Gasteiger partial charge in [-0.05, 0) is 110 Å². The number of nitrogens with two attached hydrogens (primary N) is 4. The molecule has 0 radical (unpaired) electrons. The monoisotopic (exact) mass is 1510 g/mol. The number of ketones is 2. The van der Waals surface area contributed by atoms with Crippen molar-refractivity contribution >= 4 is 64.9 Å². The zero-order valence-corrected chi connectivity index (χ0v) is 67.3. The van der Waals surface area contributed by atoms with Gasteiger partial charge in [-0.15, -0.1) is 0 Å². The molecule has 0 spiro atoms. The normalized spacial score (nSPS) is 13.4. The molecule has 0 aromatic carbocycles. The van der Waals surface area contributed by atoms with Crippen molar-refractivity contribution in [3.8, 4) is 0 Å². The number of hydrogen-bond donors (Lipinski definition) is 12. The van der Waals surface area contributed by atoms with Crippen LogP contribution in [-0.4, -0.2) is 157 Å². The molecule has 0 heterocycles. The van der Waals surface area contributed by atoms with Crippen molar-refractivity contribution in [3.05, 3.63) is 0 Å². The zero-order valence-electron chi connectivity index (χ0n) is 66.5. The van der Waals surface area contributed by atoms with Gasteiger partial charge < -0.3 is 63.9 Å². The average Bonchev–Trinajstić information content (AvgIpc) is 0.864. The van der Waals surface area contributed by atoms with Crippen LogP contribution in [0.1, 0.15) is 367 Å². The number of carboxylic acids is 1. The quantitative estimate of drug-likeness (QED) is 0.0116. The SMILES string of the molecule is CCCCCCCCCCCCCCCC(=O)NC(CSCC(COC(=O)CCCCCCCCCCCCCCC)OC(=O)CCCCCCCCCCCCCCC)C(=O)N[C@@H](CO)C(=O)C(=O)[C@H](CCCCN)NN[C@@H](CCCCN)C(=O)N[C@@H](CCCCN)C(=O)N[C@@H](CCCCN)C(=O)O. The van der Waals surface area contributed by atoms with E-state index in [9.17, 15) is 53.4 Å².